The zero-order chi connectivity index (χ0) is 13.8. The van der Waals surface area contributed by atoms with Gasteiger partial charge in [0.25, 0.3) is 0 Å². The first-order valence-corrected chi connectivity index (χ1v) is 6.88. The molecule has 0 radical (unpaired) electrons. The van der Waals surface area contributed by atoms with Crippen LogP contribution >= 0.6 is 11.8 Å². The number of nitrogens with zero attached hydrogens (tertiary/aromatic N) is 1. The molecular weight excluding hydrogens is 262 g/mol. The highest BCUT2D eigenvalue weighted by atomic mass is 32.2. The van der Waals surface area contributed by atoms with E-state index in [0.29, 0.717) is 5.75 Å². The van der Waals surface area contributed by atoms with Crippen molar-refractivity contribution in [1.82, 2.24) is 4.98 Å². The molecule has 0 unspecified atom stereocenters. The van der Waals surface area contributed by atoms with Crippen molar-refractivity contribution in [2.45, 2.75) is 18.2 Å². The lowest BCUT2D eigenvalue weighted by Crippen LogP contribution is -1.96. The zero-order valence-corrected chi connectivity index (χ0v) is 11.7. The Morgan fingerprint density at radius 3 is 2.95 bits per heavy atom. The van der Waals surface area contributed by atoms with Gasteiger partial charge in [-0.1, -0.05) is 0 Å². The summed E-state index contributed by atoms with van der Waals surface area (Å²) in [6, 6.07) is 5.80. The third-order valence-corrected chi connectivity index (χ3v) is 3.85. The fourth-order valence-electron chi connectivity index (χ4n) is 1.87. The number of carbonyl (C=O) groups is 1. The van der Waals surface area contributed by atoms with Gasteiger partial charge >= 0.3 is 5.97 Å². The smallest absolute Gasteiger partial charge is 0.304 e. The van der Waals surface area contributed by atoms with Gasteiger partial charge in [0.15, 0.2) is 0 Å². The Labute approximate surface area is 115 Å². The monoisotopic (exact) mass is 277 g/mol. The predicted octanol–water partition coefficient (Wildman–Crippen LogP) is 3.12. The Balaban J connectivity index is 2.37. The van der Waals surface area contributed by atoms with Gasteiger partial charge in [-0.15, -0.1) is 11.8 Å². The van der Waals surface area contributed by atoms with Crippen LogP contribution in [-0.2, 0) is 4.79 Å². The molecular formula is C14H15NO3S. The van der Waals surface area contributed by atoms with Crippen molar-refractivity contribution >= 4 is 28.6 Å². The molecule has 1 heterocycles. The van der Waals surface area contributed by atoms with Gasteiger partial charge in [-0.25, -0.2) is 0 Å². The van der Waals surface area contributed by atoms with Crippen LogP contribution in [0.25, 0.3) is 10.9 Å². The fraction of sp³-hybridized carbons (Fsp3) is 0.286. The molecule has 0 aliphatic rings. The quantitative estimate of drug-likeness (QED) is 0.851. The summed E-state index contributed by atoms with van der Waals surface area (Å²) in [4.78, 5) is 16.0. The standard InChI is InChI=1S/C14H15NO3S/c1-9-7-10(18-2)8-11-12(3-5-15-14(9)11)19-6-4-13(16)17/h3,5,7-8H,4,6H2,1-2H3,(H,16,17). The summed E-state index contributed by atoms with van der Waals surface area (Å²) in [5, 5.41) is 9.69. The summed E-state index contributed by atoms with van der Waals surface area (Å²) in [5.74, 6) is 0.558. The first kappa shape index (κ1) is 13.7. The lowest BCUT2D eigenvalue weighted by molar-refractivity contribution is -0.136. The molecule has 0 atom stereocenters. The molecule has 100 valence electrons. The minimum absolute atomic E-state index is 0.150. The number of hydrogen-bond donors (Lipinski definition) is 1. The molecule has 2 rings (SSSR count). The molecule has 0 aliphatic heterocycles. The maximum atomic E-state index is 10.6. The summed E-state index contributed by atoms with van der Waals surface area (Å²) in [7, 11) is 1.63. The molecule has 0 fully saturated rings. The summed E-state index contributed by atoms with van der Waals surface area (Å²) in [6.07, 6.45) is 1.91. The Morgan fingerprint density at radius 1 is 1.47 bits per heavy atom. The van der Waals surface area contributed by atoms with Gasteiger partial charge in [0, 0.05) is 22.2 Å². The second-order valence-corrected chi connectivity index (χ2v) is 5.28. The van der Waals surface area contributed by atoms with Crippen molar-refractivity contribution in [3.63, 3.8) is 0 Å². The van der Waals surface area contributed by atoms with Crippen LogP contribution in [0.4, 0.5) is 0 Å². The SMILES string of the molecule is COc1cc(C)c2nccc(SCCC(=O)O)c2c1. The van der Waals surface area contributed by atoms with Crippen LogP contribution in [0.15, 0.2) is 29.3 Å². The molecule has 1 aromatic heterocycles. The number of methoxy groups -OCH3 is 1. The molecule has 1 aromatic carbocycles. The zero-order valence-electron chi connectivity index (χ0n) is 10.8. The van der Waals surface area contributed by atoms with Gasteiger partial charge in [0.05, 0.1) is 19.0 Å². The van der Waals surface area contributed by atoms with Crippen LogP contribution in [0.3, 0.4) is 0 Å². The van der Waals surface area contributed by atoms with Crippen LogP contribution in [-0.4, -0.2) is 28.9 Å². The number of rotatable bonds is 5. The number of hydrogen-bond acceptors (Lipinski definition) is 4. The predicted molar refractivity (Wildman–Crippen MR) is 76.0 cm³/mol. The fourth-order valence-corrected chi connectivity index (χ4v) is 2.83. The van der Waals surface area contributed by atoms with E-state index in [-0.39, 0.29) is 6.42 Å². The van der Waals surface area contributed by atoms with E-state index in [2.05, 4.69) is 4.98 Å². The Hall–Kier alpha value is -1.75. The number of aromatic nitrogens is 1. The van der Waals surface area contributed by atoms with Gasteiger partial charge in [-0.05, 0) is 30.7 Å². The number of aliphatic carboxylic acids is 1. The normalized spacial score (nSPS) is 10.6. The molecule has 0 aliphatic carbocycles. The van der Waals surface area contributed by atoms with Crippen LogP contribution in [0.5, 0.6) is 5.75 Å². The molecule has 19 heavy (non-hydrogen) atoms. The van der Waals surface area contributed by atoms with Crippen molar-refractivity contribution in [3.8, 4) is 5.75 Å². The number of ether oxygens (including phenoxy) is 1. The highest BCUT2D eigenvalue weighted by molar-refractivity contribution is 7.99. The maximum Gasteiger partial charge on any atom is 0.304 e. The van der Waals surface area contributed by atoms with Gasteiger partial charge in [-0.2, -0.15) is 0 Å². The van der Waals surface area contributed by atoms with E-state index in [9.17, 15) is 4.79 Å². The second-order valence-electron chi connectivity index (χ2n) is 4.14. The number of thioether (sulfide) groups is 1. The summed E-state index contributed by atoms with van der Waals surface area (Å²) >= 11 is 1.53. The molecule has 4 nitrogen and oxygen atoms in total. The van der Waals surface area contributed by atoms with Crippen LogP contribution in [0, 0.1) is 6.92 Å². The lowest BCUT2D eigenvalue weighted by atomic mass is 10.1. The molecule has 5 heteroatoms. The molecule has 0 amide bonds. The van der Waals surface area contributed by atoms with E-state index in [1.165, 1.54) is 11.8 Å². The third-order valence-electron chi connectivity index (χ3n) is 2.78. The average Bonchev–Trinajstić information content (AvgIpc) is 2.38. The average molecular weight is 277 g/mol. The van der Waals surface area contributed by atoms with Crippen molar-refractivity contribution < 1.29 is 14.6 Å². The minimum atomic E-state index is -0.778. The number of benzene rings is 1. The Bertz CT molecular complexity index is 613. The molecule has 0 saturated heterocycles. The second kappa shape index (κ2) is 5.93. The molecule has 0 bridgehead atoms. The van der Waals surface area contributed by atoms with Crippen molar-refractivity contribution in [2.75, 3.05) is 12.9 Å². The van der Waals surface area contributed by atoms with Crippen molar-refractivity contribution in [3.05, 3.63) is 30.0 Å². The number of pyridine rings is 1. The van der Waals surface area contributed by atoms with Gasteiger partial charge < -0.3 is 9.84 Å². The topological polar surface area (TPSA) is 59.4 Å². The molecule has 1 N–H and O–H groups in total. The Kier molecular flexibility index (Phi) is 4.27. The highest BCUT2D eigenvalue weighted by Gasteiger charge is 2.08. The number of aryl methyl sites for hydroxylation is 1. The molecule has 0 saturated carbocycles. The Morgan fingerprint density at radius 2 is 2.26 bits per heavy atom. The van der Waals surface area contributed by atoms with E-state index in [1.54, 1.807) is 13.3 Å². The van der Waals surface area contributed by atoms with E-state index in [1.807, 2.05) is 25.1 Å². The van der Waals surface area contributed by atoms with E-state index in [4.69, 9.17) is 9.84 Å². The highest BCUT2D eigenvalue weighted by Crippen LogP contribution is 2.31. The largest absolute Gasteiger partial charge is 0.497 e. The number of fused-ring (bicyclic) bond motifs is 1. The van der Waals surface area contributed by atoms with Gasteiger partial charge in [0.2, 0.25) is 0 Å². The van der Waals surface area contributed by atoms with E-state index in [0.717, 1.165) is 27.1 Å². The minimum Gasteiger partial charge on any atom is -0.497 e. The first-order chi connectivity index (χ1) is 9.11. The van der Waals surface area contributed by atoms with Crippen molar-refractivity contribution in [2.24, 2.45) is 0 Å². The summed E-state index contributed by atoms with van der Waals surface area (Å²) in [6.45, 7) is 1.99. The van der Waals surface area contributed by atoms with Gasteiger partial charge in [-0.3, -0.25) is 9.78 Å². The first-order valence-electron chi connectivity index (χ1n) is 5.89. The molecule has 0 spiro atoms. The van der Waals surface area contributed by atoms with E-state index >= 15 is 0 Å². The van der Waals surface area contributed by atoms with E-state index < -0.39 is 5.97 Å². The van der Waals surface area contributed by atoms with Crippen LogP contribution in [0.2, 0.25) is 0 Å². The van der Waals surface area contributed by atoms with Gasteiger partial charge in [0.1, 0.15) is 5.75 Å². The number of carboxylic acid groups (broad SMARTS) is 1. The number of carboxylic acids is 1. The lowest BCUT2D eigenvalue weighted by Gasteiger charge is -2.09. The summed E-state index contributed by atoms with van der Waals surface area (Å²) in [5.41, 5.74) is 1.98. The third kappa shape index (κ3) is 3.17. The molecule has 2 aromatic rings. The summed E-state index contributed by atoms with van der Waals surface area (Å²) < 4.78 is 5.27. The van der Waals surface area contributed by atoms with Crippen LogP contribution in [0.1, 0.15) is 12.0 Å². The van der Waals surface area contributed by atoms with Crippen LogP contribution < -0.4 is 4.74 Å². The maximum absolute atomic E-state index is 10.6. The van der Waals surface area contributed by atoms with Crippen molar-refractivity contribution in [1.29, 1.82) is 0 Å².